The first-order valence-electron chi connectivity index (χ1n) is 10.8. The van der Waals surface area contributed by atoms with E-state index in [2.05, 4.69) is 26.9 Å². The molecule has 0 spiro atoms. The molecule has 1 aromatic carbocycles. The fourth-order valence-corrected chi connectivity index (χ4v) is 3.35. The van der Waals surface area contributed by atoms with Gasteiger partial charge in [-0.1, -0.05) is 12.1 Å². The summed E-state index contributed by atoms with van der Waals surface area (Å²) in [6.45, 7) is 9.85. The fourth-order valence-electron chi connectivity index (χ4n) is 3.35. The minimum absolute atomic E-state index is 0.301. The first-order valence-corrected chi connectivity index (χ1v) is 10.8. The Morgan fingerprint density at radius 2 is 1.94 bits per heavy atom. The number of nitrogens with two attached hydrogens (primary N) is 1. The second-order valence-electron chi connectivity index (χ2n) is 8.57. The Morgan fingerprint density at radius 3 is 2.59 bits per heavy atom. The number of nitrogen functional groups attached to an aromatic ring is 1. The highest BCUT2D eigenvalue weighted by molar-refractivity contribution is 5.89. The summed E-state index contributed by atoms with van der Waals surface area (Å²) < 4.78 is 21.6. The van der Waals surface area contributed by atoms with Gasteiger partial charge in [-0.2, -0.15) is 0 Å². The van der Waals surface area contributed by atoms with E-state index in [1.807, 2.05) is 0 Å². The van der Waals surface area contributed by atoms with Crippen molar-refractivity contribution in [1.82, 2.24) is 10.3 Å². The van der Waals surface area contributed by atoms with Gasteiger partial charge >= 0.3 is 12.2 Å². The third-order valence-corrected chi connectivity index (χ3v) is 4.75. The number of benzene rings is 1. The molecule has 0 radical (unpaired) electrons. The number of pyridine rings is 1. The summed E-state index contributed by atoms with van der Waals surface area (Å²) in [5.41, 5.74) is 8.36. The van der Waals surface area contributed by atoms with Gasteiger partial charge in [-0.25, -0.2) is 14.6 Å². The van der Waals surface area contributed by atoms with Crippen molar-refractivity contribution in [2.45, 2.75) is 38.8 Å². The van der Waals surface area contributed by atoms with E-state index >= 15 is 0 Å². The summed E-state index contributed by atoms with van der Waals surface area (Å²) in [6.07, 6.45) is 0.910. The molecular weight excluding hydrogens is 440 g/mol. The molecule has 2 aromatic rings. The van der Waals surface area contributed by atoms with E-state index in [0.717, 1.165) is 0 Å². The third kappa shape index (κ3) is 6.09. The van der Waals surface area contributed by atoms with Crippen LogP contribution in [0.15, 0.2) is 36.9 Å². The van der Waals surface area contributed by atoms with Gasteiger partial charge in [-0.15, -0.1) is 6.58 Å². The summed E-state index contributed by atoms with van der Waals surface area (Å²) >= 11 is 0. The van der Waals surface area contributed by atoms with E-state index in [4.69, 9.17) is 19.9 Å². The lowest BCUT2D eigenvalue weighted by molar-refractivity contribution is 0.0502. The Morgan fingerprint density at radius 1 is 1.21 bits per heavy atom. The van der Waals surface area contributed by atoms with E-state index in [0.29, 0.717) is 59.5 Å². The summed E-state index contributed by atoms with van der Waals surface area (Å²) in [5, 5.41) is 5.42. The second-order valence-corrected chi connectivity index (χ2v) is 8.57. The molecule has 182 valence electrons. The lowest BCUT2D eigenvalue weighted by atomic mass is 9.99. The van der Waals surface area contributed by atoms with Crippen molar-refractivity contribution in [3.8, 4) is 22.8 Å². The number of nitrogens with one attached hydrogen (secondary N) is 2. The minimum Gasteiger partial charge on any atom is -0.484 e. The van der Waals surface area contributed by atoms with Gasteiger partial charge in [0.25, 0.3) is 5.88 Å². The number of amides is 2. The summed E-state index contributed by atoms with van der Waals surface area (Å²) in [6, 6.07) is 6.32. The van der Waals surface area contributed by atoms with E-state index in [1.165, 1.54) is 7.11 Å². The maximum absolute atomic E-state index is 12.4. The molecule has 2 amide bonds. The number of carbonyl (C=O) groups is 2. The zero-order valence-corrected chi connectivity index (χ0v) is 19.8. The smallest absolute Gasteiger partial charge is 0.411 e. The Bertz CT molecular complexity index is 1080. The molecule has 10 heteroatoms. The Labute approximate surface area is 198 Å². The van der Waals surface area contributed by atoms with Crippen molar-refractivity contribution in [1.29, 1.82) is 0 Å². The van der Waals surface area contributed by atoms with Crippen LogP contribution in [0.3, 0.4) is 0 Å². The van der Waals surface area contributed by atoms with Crippen LogP contribution < -0.4 is 25.8 Å². The fraction of sp³-hybridized carbons (Fsp3) is 0.375. The maximum Gasteiger partial charge on any atom is 0.411 e. The predicted octanol–water partition coefficient (Wildman–Crippen LogP) is 4.42. The lowest BCUT2D eigenvalue weighted by Gasteiger charge is -2.26. The molecule has 1 aliphatic rings. The van der Waals surface area contributed by atoms with E-state index in [1.54, 1.807) is 51.1 Å². The zero-order valence-electron chi connectivity index (χ0n) is 19.8. The number of alkyl carbamates (subject to hydrolysis) is 1. The molecule has 10 nitrogen and oxygen atoms in total. The minimum atomic E-state index is -0.650. The second kappa shape index (κ2) is 10.3. The first-order chi connectivity index (χ1) is 16.1. The molecule has 0 saturated heterocycles. The van der Waals surface area contributed by atoms with Gasteiger partial charge in [-0.05, 0) is 45.4 Å². The molecule has 3 rings (SSSR count). The van der Waals surface area contributed by atoms with Crippen molar-refractivity contribution >= 4 is 23.6 Å². The number of fused-ring (bicyclic) bond motifs is 1. The average molecular weight is 471 g/mol. The van der Waals surface area contributed by atoms with Gasteiger partial charge in [-0.3, -0.25) is 5.32 Å². The summed E-state index contributed by atoms with van der Waals surface area (Å²) in [4.78, 5) is 28.6. The zero-order chi connectivity index (χ0) is 24.9. The molecule has 1 aliphatic heterocycles. The number of hydrogen-bond acceptors (Lipinski definition) is 8. The molecular formula is C24H30N4O6. The van der Waals surface area contributed by atoms with E-state index in [-0.39, 0.29) is 0 Å². The van der Waals surface area contributed by atoms with Gasteiger partial charge in [0, 0.05) is 22.5 Å². The van der Waals surface area contributed by atoms with Crippen LogP contribution in [-0.2, 0) is 9.47 Å². The molecule has 0 saturated carbocycles. The molecule has 4 N–H and O–H groups in total. The molecule has 0 bridgehead atoms. The van der Waals surface area contributed by atoms with Crippen molar-refractivity contribution < 1.29 is 28.5 Å². The molecule has 1 atom stereocenters. The van der Waals surface area contributed by atoms with Crippen LogP contribution in [0.4, 0.5) is 21.0 Å². The number of rotatable bonds is 6. The number of ether oxygens (including phenoxy) is 4. The van der Waals surface area contributed by atoms with Crippen LogP contribution in [0.1, 0.15) is 38.9 Å². The largest absolute Gasteiger partial charge is 0.484 e. The number of carbonyl (C=O) groups excluding carboxylic acids is 2. The molecule has 0 unspecified atom stereocenters. The number of nitrogens with zero attached hydrogens (tertiary/aromatic N) is 1. The third-order valence-electron chi connectivity index (χ3n) is 4.75. The molecule has 1 aromatic heterocycles. The highest BCUT2D eigenvalue weighted by atomic mass is 16.6. The monoisotopic (exact) mass is 470 g/mol. The van der Waals surface area contributed by atoms with Crippen LogP contribution in [0.5, 0.6) is 11.6 Å². The summed E-state index contributed by atoms with van der Waals surface area (Å²) in [5.74, 6) is 0.750. The van der Waals surface area contributed by atoms with E-state index in [9.17, 15) is 9.59 Å². The highest BCUT2D eigenvalue weighted by Gasteiger charge is 2.26. The van der Waals surface area contributed by atoms with Crippen LogP contribution in [0, 0.1) is 0 Å². The van der Waals surface area contributed by atoms with Crippen LogP contribution in [0.25, 0.3) is 11.1 Å². The Kier molecular flexibility index (Phi) is 7.50. The van der Waals surface area contributed by atoms with Crippen LogP contribution >= 0.6 is 0 Å². The van der Waals surface area contributed by atoms with Crippen molar-refractivity contribution in [2.24, 2.45) is 0 Å². The topological polar surface area (TPSA) is 134 Å². The number of anilines is 2. The van der Waals surface area contributed by atoms with Gasteiger partial charge in [0.2, 0.25) is 0 Å². The van der Waals surface area contributed by atoms with Crippen LogP contribution in [-0.4, -0.2) is 43.1 Å². The SMILES string of the molecule is C=CC[C@H](NC(=O)OC(C)(C)C)c1cc(-c2ccc(NC(=O)OC)cc2N)c2c(n1)OCCO2. The van der Waals surface area contributed by atoms with Crippen molar-refractivity contribution in [2.75, 3.05) is 31.4 Å². The number of methoxy groups -OCH3 is 1. The molecule has 0 aliphatic carbocycles. The van der Waals surface area contributed by atoms with Gasteiger partial charge < -0.3 is 30.0 Å². The number of aromatic nitrogens is 1. The first kappa shape index (κ1) is 24.7. The standard InChI is InChI=1S/C24H30N4O6/c1-6-7-18(28-23(30)34-24(2,3)4)19-13-16(20-21(27-19)33-11-10-32-20)15-9-8-14(12-17(15)25)26-22(29)31-5/h6,8-9,12-13,18H,1,7,10-11,25H2,2-5H3,(H,26,29)(H,28,30)/t18-/m0/s1. The molecule has 0 fully saturated rings. The number of hydrogen-bond donors (Lipinski definition) is 3. The Balaban J connectivity index is 2.02. The summed E-state index contributed by atoms with van der Waals surface area (Å²) in [7, 11) is 1.28. The normalized spacial score (nSPS) is 13.4. The quantitative estimate of drug-likeness (QED) is 0.417. The van der Waals surface area contributed by atoms with Gasteiger partial charge in [0.15, 0.2) is 5.75 Å². The molecule has 34 heavy (non-hydrogen) atoms. The van der Waals surface area contributed by atoms with Crippen molar-refractivity contribution in [3.05, 3.63) is 42.6 Å². The Hall–Kier alpha value is -3.95. The average Bonchev–Trinajstić information content (AvgIpc) is 2.77. The lowest BCUT2D eigenvalue weighted by Crippen LogP contribution is -2.35. The molecule has 2 heterocycles. The predicted molar refractivity (Wildman–Crippen MR) is 128 cm³/mol. The maximum atomic E-state index is 12.4. The van der Waals surface area contributed by atoms with Gasteiger partial charge in [0.1, 0.15) is 18.8 Å². The van der Waals surface area contributed by atoms with Gasteiger partial charge in [0.05, 0.1) is 18.8 Å². The van der Waals surface area contributed by atoms with Crippen LogP contribution in [0.2, 0.25) is 0 Å². The highest BCUT2D eigenvalue weighted by Crippen LogP contribution is 2.43. The van der Waals surface area contributed by atoms with Crippen molar-refractivity contribution in [3.63, 3.8) is 0 Å². The van der Waals surface area contributed by atoms with E-state index < -0.39 is 23.8 Å².